The molecule has 1 unspecified atom stereocenters. The standard InChI is InChI=1S/C12H15Br2N/c1-8(7-9-5-6-9)15-12-10(13)3-2-4-11(12)14/h2-4,8-9,15H,5-7H2,1H3. The molecule has 1 aromatic rings. The van der Waals surface area contributed by atoms with Crippen molar-refractivity contribution in [2.45, 2.75) is 32.2 Å². The molecule has 1 aromatic carbocycles. The van der Waals surface area contributed by atoms with E-state index in [4.69, 9.17) is 0 Å². The van der Waals surface area contributed by atoms with Crippen molar-refractivity contribution in [2.75, 3.05) is 5.32 Å². The van der Waals surface area contributed by atoms with Gasteiger partial charge in [-0.05, 0) is 63.3 Å². The molecule has 0 spiro atoms. The van der Waals surface area contributed by atoms with Crippen LogP contribution in [0, 0.1) is 5.92 Å². The quantitative estimate of drug-likeness (QED) is 0.834. The molecule has 1 nitrogen and oxygen atoms in total. The summed E-state index contributed by atoms with van der Waals surface area (Å²) in [5.41, 5.74) is 1.17. The first kappa shape index (κ1) is 11.5. The van der Waals surface area contributed by atoms with Gasteiger partial charge in [-0.2, -0.15) is 0 Å². The van der Waals surface area contributed by atoms with Crippen molar-refractivity contribution >= 4 is 37.5 Å². The summed E-state index contributed by atoms with van der Waals surface area (Å²) in [6, 6.07) is 6.71. The van der Waals surface area contributed by atoms with Gasteiger partial charge in [0.15, 0.2) is 0 Å². The number of hydrogen-bond donors (Lipinski definition) is 1. The normalized spacial score (nSPS) is 17.5. The average molecular weight is 333 g/mol. The van der Waals surface area contributed by atoms with Crippen molar-refractivity contribution in [2.24, 2.45) is 5.92 Å². The zero-order valence-electron chi connectivity index (χ0n) is 8.76. The molecule has 15 heavy (non-hydrogen) atoms. The van der Waals surface area contributed by atoms with E-state index in [1.807, 2.05) is 6.07 Å². The maximum atomic E-state index is 3.56. The van der Waals surface area contributed by atoms with Crippen LogP contribution in [0.15, 0.2) is 27.1 Å². The highest BCUT2D eigenvalue weighted by Crippen LogP contribution is 2.36. The Morgan fingerprint density at radius 3 is 2.47 bits per heavy atom. The monoisotopic (exact) mass is 331 g/mol. The Labute approximate surface area is 108 Å². The average Bonchev–Trinajstić information content (AvgIpc) is 2.95. The minimum atomic E-state index is 0.549. The van der Waals surface area contributed by atoms with Crippen LogP contribution in [0.3, 0.4) is 0 Å². The second-order valence-electron chi connectivity index (χ2n) is 4.32. The molecule has 1 N–H and O–H groups in total. The van der Waals surface area contributed by atoms with E-state index in [9.17, 15) is 0 Å². The molecule has 0 aromatic heterocycles. The molecule has 1 aliphatic rings. The summed E-state index contributed by atoms with van der Waals surface area (Å²) in [4.78, 5) is 0. The molecule has 0 bridgehead atoms. The minimum Gasteiger partial charge on any atom is -0.381 e. The number of para-hydroxylation sites is 1. The van der Waals surface area contributed by atoms with E-state index in [1.54, 1.807) is 0 Å². The fourth-order valence-electron chi connectivity index (χ4n) is 1.79. The maximum Gasteiger partial charge on any atom is 0.0631 e. The summed E-state index contributed by atoms with van der Waals surface area (Å²) in [6.45, 7) is 2.25. The van der Waals surface area contributed by atoms with Crippen molar-refractivity contribution in [3.63, 3.8) is 0 Å². The van der Waals surface area contributed by atoms with Gasteiger partial charge in [0, 0.05) is 15.0 Å². The van der Waals surface area contributed by atoms with Gasteiger partial charge in [0.2, 0.25) is 0 Å². The molecule has 2 rings (SSSR count). The van der Waals surface area contributed by atoms with E-state index >= 15 is 0 Å². The summed E-state index contributed by atoms with van der Waals surface area (Å²) in [5, 5.41) is 3.56. The van der Waals surface area contributed by atoms with Gasteiger partial charge in [0.1, 0.15) is 0 Å². The van der Waals surface area contributed by atoms with Crippen molar-refractivity contribution < 1.29 is 0 Å². The molecule has 82 valence electrons. The fraction of sp³-hybridized carbons (Fsp3) is 0.500. The van der Waals surface area contributed by atoms with Crippen molar-refractivity contribution in [1.82, 2.24) is 0 Å². The third-order valence-electron chi connectivity index (χ3n) is 2.74. The Balaban J connectivity index is 2.01. The number of hydrogen-bond acceptors (Lipinski definition) is 1. The van der Waals surface area contributed by atoms with E-state index in [-0.39, 0.29) is 0 Å². The highest BCUT2D eigenvalue weighted by atomic mass is 79.9. The van der Waals surface area contributed by atoms with Crippen molar-refractivity contribution in [3.05, 3.63) is 27.1 Å². The summed E-state index contributed by atoms with van der Waals surface area (Å²) in [6.07, 6.45) is 4.13. The lowest BCUT2D eigenvalue weighted by molar-refractivity contribution is 0.641. The van der Waals surface area contributed by atoms with Crippen LogP contribution in [0.25, 0.3) is 0 Å². The number of rotatable bonds is 4. The Kier molecular flexibility index (Phi) is 3.73. The van der Waals surface area contributed by atoms with Crippen LogP contribution < -0.4 is 5.32 Å². The lowest BCUT2D eigenvalue weighted by Gasteiger charge is -2.17. The van der Waals surface area contributed by atoms with E-state index in [0.29, 0.717) is 6.04 Å². The second kappa shape index (κ2) is 4.88. The van der Waals surface area contributed by atoms with Gasteiger partial charge >= 0.3 is 0 Å². The first-order valence-corrected chi connectivity index (χ1v) is 6.96. The highest BCUT2D eigenvalue weighted by molar-refractivity contribution is 9.11. The molecule has 0 amide bonds. The molecule has 1 atom stereocenters. The van der Waals surface area contributed by atoms with Crippen LogP contribution in [0.5, 0.6) is 0 Å². The molecule has 0 heterocycles. The second-order valence-corrected chi connectivity index (χ2v) is 6.03. The SMILES string of the molecule is CC(CC1CC1)Nc1c(Br)cccc1Br. The number of nitrogens with one attached hydrogen (secondary N) is 1. The van der Waals surface area contributed by atoms with Crippen molar-refractivity contribution in [1.29, 1.82) is 0 Å². The Morgan fingerprint density at radius 1 is 1.33 bits per heavy atom. The van der Waals surface area contributed by atoms with Crippen molar-refractivity contribution in [3.8, 4) is 0 Å². The third kappa shape index (κ3) is 3.22. The molecule has 3 heteroatoms. The van der Waals surface area contributed by atoms with Gasteiger partial charge in [0.05, 0.1) is 5.69 Å². The Morgan fingerprint density at radius 2 is 1.93 bits per heavy atom. The Hall–Kier alpha value is -0.0200. The summed E-state index contributed by atoms with van der Waals surface area (Å²) >= 11 is 7.13. The minimum absolute atomic E-state index is 0.549. The van der Waals surface area contributed by atoms with E-state index in [0.717, 1.165) is 14.9 Å². The number of halogens is 2. The van der Waals surface area contributed by atoms with Gasteiger partial charge in [-0.25, -0.2) is 0 Å². The van der Waals surface area contributed by atoms with E-state index in [1.165, 1.54) is 24.9 Å². The van der Waals surface area contributed by atoms with Crippen LogP contribution in [0.2, 0.25) is 0 Å². The lowest BCUT2D eigenvalue weighted by atomic mass is 10.1. The first-order valence-electron chi connectivity index (χ1n) is 5.37. The van der Waals surface area contributed by atoms with Crippen LogP contribution >= 0.6 is 31.9 Å². The Bertz CT molecular complexity index is 327. The van der Waals surface area contributed by atoms with Gasteiger partial charge in [-0.15, -0.1) is 0 Å². The predicted molar refractivity (Wildman–Crippen MR) is 72.3 cm³/mol. The molecular weight excluding hydrogens is 318 g/mol. The van der Waals surface area contributed by atoms with Gasteiger partial charge < -0.3 is 5.32 Å². The van der Waals surface area contributed by atoms with Crippen LogP contribution in [-0.2, 0) is 0 Å². The predicted octanol–water partition coefficient (Wildman–Crippen LogP) is 4.81. The topological polar surface area (TPSA) is 12.0 Å². The smallest absolute Gasteiger partial charge is 0.0631 e. The lowest BCUT2D eigenvalue weighted by Crippen LogP contribution is -2.16. The largest absolute Gasteiger partial charge is 0.381 e. The zero-order chi connectivity index (χ0) is 10.8. The molecule has 0 saturated heterocycles. The highest BCUT2D eigenvalue weighted by Gasteiger charge is 2.23. The summed E-state index contributed by atoms with van der Waals surface area (Å²) in [5.74, 6) is 0.966. The summed E-state index contributed by atoms with van der Waals surface area (Å²) < 4.78 is 2.25. The molecule has 0 radical (unpaired) electrons. The molecule has 1 fully saturated rings. The zero-order valence-corrected chi connectivity index (χ0v) is 11.9. The molecular formula is C12H15Br2N. The van der Waals surface area contributed by atoms with Crippen LogP contribution in [-0.4, -0.2) is 6.04 Å². The number of benzene rings is 1. The summed E-state index contributed by atoms with van der Waals surface area (Å²) in [7, 11) is 0. The van der Waals surface area contributed by atoms with Gasteiger partial charge in [-0.1, -0.05) is 18.9 Å². The maximum absolute atomic E-state index is 3.56. The van der Waals surface area contributed by atoms with Gasteiger partial charge in [0.25, 0.3) is 0 Å². The fourth-order valence-corrected chi connectivity index (χ4v) is 3.02. The van der Waals surface area contributed by atoms with Gasteiger partial charge in [-0.3, -0.25) is 0 Å². The van der Waals surface area contributed by atoms with Crippen LogP contribution in [0.4, 0.5) is 5.69 Å². The van der Waals surface area contributed by atoms with Crippen LogP contribution in [0.1, 0.15) is 26.2 Å². The first-order chi connectivity index (χ1) is 7.16. The molecule has 0 aliphatic heterocycles. The van der Waals surface area contributed by atoms with E-state index < -0.39 is 0 Å². The number of anilines is 1. The molecule has 1 aliphatic carbocycles. The molecule has 1 saturated carbocycles. The van der Waals surface area contributed by atoms with E-state index in [2.05, 4.69) is 56.2 Å². The third-order valence-corrected chi connectivity index (χ3v) is 4.06.